The number of carbonyl (C=O) groups is 1. The third kappa shape index (κ3) is 4.88. The summed E-state index contributed by atoms with van der Waals surface area (Å²) in [7, 11) is 0. The van der Waals surface area contributed by atoms with Crippen LogP contribution in [0.4, 0.5) is 17.6 Å². The Bertz CT molecular complexity index is 539. The minimum absolute atomic E-state index is 0.0404. The maximum absolute atomic E-state index is 12.7. The molecule has 1 heterocycles. The standard InChI is InChI=1S/C15H18F4N2O3/c16-14(17)15(18,19)8-24-7-12(23)21-13(9-5-10(22)6-9)11-3-1-2-4-20-11/h1-4,9-10,13-14,22H,5-8H2,(H,21,23)/t9?,10?,13-/m1/s1. The molecule has 24 heavy (non-hydrogen) atoms. The number of rotatable bonds is 8. The van der Waals surface area contributed by atoms with Gasteiger partial charge in [0.15, 0.2) is 0 Å². The van der Waals surface area contributed by atoms with E-state index in [1.807, 2.05) is 0 Å². The lowest BCUT2D eigenvalue weighted by atomic mass is 9.76. The number of nitrogens with zero attached hydrogens (tertiary/aromatic N) is 1. The summed E-state index contributed by atoms with van der Waals surface area (Å²) in [6.07, 6.45) is -1.79. The highest BCUT2D eigenvalue weighted by molar-refractivity contribution is 5.77. The minimum atomic E-state index is -4.29. The van der Waals surface area contributed by atoms with E-state index in [0.29, 0.717) is 18.5 Å². The van der Waals surface area contributed by atoms with E-state index >= 15 is 0 Å². The molecule has 2 N–H and O–H groups in total. The maximum atomic E-state index is 12.7. The molecule has 1 atom stereocenters. The maximum Gasteiger partial charge on any atom is 0.330 e. The number of nitrogens with one attached hydrogen (secondary N) is 1. The van der Waals surface area contributed by atoms with Crippen LogP contribution in [0.25, 0.3) is 0 Å². The number of pyridine rings is 1. The first-order chi connectivity index (χ1) is 11.3. The lowest BCUT2D eigenvalue weighted by molar-refractivity contribution is -0.168. The summed E-state index contributed by atoms with van der Waals surface area (Å²) < 4.78 is 53.8. The fourth-order valence-electron chi connectivity index (χ4n) is 2.45. The number of carbonyl (C=O) groups excluding carboxylic acids is 1. The molecule has 1 fully saturated rings. The molecule has 0 aliphatic heterocycles. The average Bonchev–Trinajstić information content (AvgIpc) is 2.50. The van der Waals surface area contributed by atoms with E-state index in [2.05, 4.69) is 15.0 Å². The van der Waals surface area contributed by atoms with Crippen LogP contribution in [-0.4, -0.2) is 47.7 Å². The molecule has 1 aromatic rings. The average molecular weight is 350 g/mol. The van der Waals surface area contributed by atoms with Gasteiger partial charge in [-0.25, -0.2) is 8.78 Å². The second kappa shape index (κ2) is 7.89. The summed E-state index contributed by atoms with van der Waals surface area (Å²) in [6.45, 7) is -2.30. The fraction of sp³-hybridized carbons (Fsp3) is 0.600. The summed E-state index contributed by atoms with van der Waals surface area (Å²) >= 11 is 0. The zero-order valence-corrected chi connectivity index (χ0v) is 12.7. The van der Waals surface area contributed by atoms with Gasteiger partial charge >= 0.3 is 12.3 Å². The van der Waals surface area contributed by atoms with Crippen LogP contribution >= 0.6 is 0 Å². The summed E-state index contributed by atoms with van der Waals surface area (Å²) in [5, 5.41) is 12.0. The van der Waals surface area contributed by atoms with Crippen molar-refractivity contribution >= 4 is 5.91 Å². The van der Waals surface area contributed by atoms with Gasteiger partial charge in [-0.3, -0.25) is 9.78 Å². The zero-order valence-electron chi connectivity index (χ0n) is 12.7. The Morgan fingerprint density at radius 2 is 2.12 bits per heavy atom. The van der Waals surface area contributed by atoms with Crippen LogP contribution in [0.5, 0.6) is 0 Å². The third-order valence-electron chi connectivity index (χ3n) is 3.79. The number of amides is 1. The normalized spacial score (nSPS) is 22.1. The molecular weight excluding hydrogens is 332 g/mol. The van der Waals surface area contributed by atoms with Gasteiger partial charge in [-0.15, -0.1) is 0 Å². The van der Waals surface area contributed by atoms with Crippen molar-refractivity contribution in [2.75, 3.05) is 13.2 Å². The van der Waals surface area contributed by atoms with Gasteiger partial charge in [0, 0.05) is 6.20 Å². The van der Waals surface area contributed by atoms with Gasteiger partial charge in [-0.2, -0.15) is 8.78 Å². The number of aromatic nitrogens is 1. The predicted octanol–water partition coefficient (Wildman–Crippen LogP) is 1.93. The van der Waals surface area contributed by atoms with E-state index in [1.165, 1.54) is 0 Å². The molecule has 0 unspecified atom stereocenters. The van der Waals surface area contributed by atoms with Crippen molar-refractivity contribution in [3.8, 4) is 0 Å². The van der Waals surface area contributed by atoms with Crippen LogP contribution < -0.4 is 5.32 Å². The molecule has 0 radical (unpaired) electrons. The quantitative estimate of drug-likeness (QED) is 0.703. The molecule has 0 aromatic carbocycles. The second-order valence-electron chi connectivity index (χ2n) is 5.74. The topological polar surface area (TPSA) is 71.5 Å². The minimum Gasteiger partial charge on any atom is -0.393 e. The van der Waals surface area contributed by atoms with E-state index in [0.717, 1.165) is 0 Å². The Kier molecular flexibility index (Phi) is 6.11. The molecular formula is C15H18F4N2O3. The smallest absolute Gasteiger partial charge is 0.330 e. The first kappa shape index (κ1) is 18.6. The molecule has 1 aliphatic rings. The molecule has 1 saturated carbocycles. The number of ether oxygens (including phenoxy) is 1. The molecule has 1 aliphatic carbocycles. The van der Waals surface area contributed by atoms with Crippen molar-refractivity contribution in [3.05, 3.63) is 30.1 Å². The van der Waals surface area contributed by atoms with Crippen LogP contribution in [0, 0.1) is 5.92 Å². The molecule has 5 nitrogen and oxygen atoms in total. The highest BCUT2D eigenvalue weighted by Crippen LogP contribution is 2.37. The van der Waals surface area contributed by atoms with Gasteiger partial charge in [0.25, 0.3) is 0 Å². The molecule has 9 heteroatoms. The van der Waals surface area contributed by atoms with Crippen molar-refractivity contribution in [2.24, 2.45) is 5.92 Å². The monoisotopic (exact) mass is 350 g/mol. The van der Waals surface area contributed by atoms with E-state index in [1.54, 1.807) is 24.4 Å². The van der Waals surface area contributed by atoms with E-state index < -0.39 is 43.6 Å². The lowest BCUT2D eigenvalue weighted by Crippen LogP contribution is -2.43. The van der Waals surface area contributed by atoms with Crippen molar-refractivity contribution in [1.29, 1.82) is 0 Å². The number of alkyl halides is 4. The van der Waals surface area contributed by atoms with Gasteiger partial charge in [-0.1, -0.05) is 6.07 Å². The molecule has 1 aromatic heterocycles. The van der Waals surface area contributed by atoms with E-state index in [4.69, 9.17) is 0 Å². The number of aliphatic hydroxyl groups is 1. The van der Waals surface area contributed by atoms with Crippen molar-refractivity contribution < 1.29 is 32.2 Å². The van der Waals surface area contributed by atoms with Gasteiger partial charge in [-0.05, 0) is 30.9 Å². The summed E-state index contributed by atoms with van der Waals surface area (Å²) in [5.41, 5.74) is 0.570. The number of hydrogen-bond acceptors (Lipinski definition) is 4. The Morgan fingerprint density at radius 3 is 2.67 bits per heavy atom. The Hall–Kier alpha value is -1.74. The Morgan fingerprint density at radius 1 is 1.42 bits per heavy atom. The summed E-state index contributed by atoms with van der Waals surface area (Å²) in [6, 6.07) is 4.63. The lowest BCUT2D eigenvalue weighted by Gasteiger charge is -2.37. The van der Waals surface area contributed by atoms with Gasteiger partial charge in [0.05, 0.1) is 17.8 Å². The zero-order chi connectivity index (χ0) is 17.7. The van der Waals surface area contributed by atoms with Gasteiger partial charge < -0.3 is 15.2 Å². The van der Waals surface area contributed by atoms with Crippen LogP contribution in [0.15, 0.2) is 24.4 Å². The number of aliphatic hydroxyl groups excluding tert-OH is 1. The van der Waals surface area contributed by atoms with Gasteiger partial charge in [0.2, 0.25) is 5.91 Å². The Balaban J connectivity index is 1.89. The molecule has 0 spiro atoms. The molecule has 0 bridgehead atoms. The van der Waals surface area contributed by atoms with Gasteiger partial charge in [0.1, 0.15) is 13.2 Å². The number of hydrogen-bond donors (Lipinski definition) is 2. The first-order valence-corrected chi connectivity index (χ1v) is 7.41. The van der Waals surface area contributed by atoms with Crippen molar-refractivity contribution in [1.82, 2.24) is 10.3 Å². The van der Waals surface area contributed by atoms with Crippen LogP contribution in [0.1, 0.15) is 24.6 Å². The second-order valence-corrected chi connectivity index (χ2v) is 5.74. The third-order valence-corrected chi connectivity index (χ3v) is 3.79. The fourth-order valence-corrected chi connectivity index (χ4v) is 2.45. The van der Waals surface area contributed by atoms with Crippen LogP contribution in [0.3, 0.4) is 0 Å². The summed E-state index contributed by atoms with van der Waals surface area (Å²) in [4.78, 5) is 16.0. The molecule has 0 saturated heterocycles. The first-order valence-electron chi connectivity index (χ1n) is 7.41. The highest BCUT2D eigenvalue weighted by atomic mass is 19.3. The molecule has 134 valence electrons. The largest absolute Gasteiger partial charge is 0.393 e. The summed E-state index contributed by atoms with van der Waals surface area (Å²) in [5.74, 6) is -5.04. The van der Waals surface area contributed by atoms with Crippen LogP contribution in [0.2, 0.25) is 0 Å². The Labute approximate surface area is 136 Å². The van der Waals surface area contributed by atoms with Crippen molar-refractivity contribution in [3.63, 3.8) is 0 Å². The molecule has 2 rings (SSSR count). The molecule has 1 amide bonds. The van der Waals surface area contributed by atoms with Crippen LogP contribution in [-0.2, 0) is 9.53 Å². The van der Waals surface area contributed by atoms with E-state index in [-0.39, 0.29) is 5.92 Å². The predicted molar refractivity (Wildman–Crippen MR) is 75.6 cm³/mol. The SMILES string of the molecule is O=C(COCC(F)(F)C(F)F)N[C@@H](c1ccccn1)C1CC(O)C1. The highest BCUT2D eigenvalue weighted by Gasteiger charge is 2.41. The van der Waals surface area contributed by atoms with E-state index in [9.17, 15) is 27.5 Å². The number of halogens is 4. The van der Waals surface area contributed by atoms with Crippen molar-refractivity contribution in [2.45, 2.75) is 37.3 Å².